The molecule has 4 rings (SSSR count). The Morgan fingerprint density at radius 2 is 1.90 bits per heavy atom. The van der Waals surface area contributed by atoms with E-state index in [9.17, 15) is 14.0 Å². The van der Waals surface area contributed by atoms with E-state index in [-0.39, 0.29) is 36.3 Å². The standard InChI is InChI=1S/C21H23FN6O2/c1-26-14-24-28(21(26)30)13-9-19(29)27-11-7-16(8-12-27)20-23-10-6-18(25-20)15-2-4-17(22)5-3-15/h2-6,10,14,16H,7-9,11-13H2,1H3. The zero-order valence-corrected chi connectivity index (χ0v) is 16.7. The lowest BCUT2D eigenvalue weighted by molar-refractivity contribution is -0.132. The molecule has 0 atom stereocenters. The summed E-state index contributed by atoms with van der Waals surface area (Å²) in [5.41, 5.74) is 1.39. The van der Waals surface area contributed by atoms with Gasteiger partial charge in [0.2, 0.25) is 5.91 Å². The summed E-state index contributed by atoms with van der Waals surface area (Å²) in [6.07, 6.45) is 4.98. The number of piperidine rings is 1. The number of benzene rings is 1. The second-order valence-corrected chi connectivity index (χ2v) is 7.46. The second kappa shape index (κ2) is 8.56. The van der Waals surface area contributed by atoms with Gasteiger partial charge in [-0.25, -0.2) is 23.8 Å². The Balaban J connectivity index is 1.34. The first-order valence-electron chi connectivity index (χ1n) is 9.96. The highest BCUT2D eigenvalue weighted by atomic mass is 19.1. The molecule has 0 N–H and O–H groups in total. The van der Waals surface area contributed by atoms with Crippen LogP contribution in [0.5, 0.6) is 0 Å². The van der Waals surface area contributed by atoms with E-state index >= 15 is 0 Å². The predicted octanol–water partition coefficient (Wildman–Crippen LogP) is 1.97. The Morgan fingerprint density at radius 1 is 1.17 bits per heavy atom. The topological polar surface area (TPSA) is 85.9 Å². The monoisotopic (exact) mass is 410 g/mol. The minimum Gasteiger partial charge on any atom is -0.343 e. The van der Waals surface area contributed by atoms with E-state index in [0.717, 1.165) is 29.9 Å². The largest absolute Gasteiger partial charge is 0.345 e. The Hall–Kier alpha value is -3.36. The van der Waals surface area contributed by atoms with Crippen LogP contribution in [0.3, 0.4) is 0 Å². The number of carbonyl (C=O) groups excluding carboxylic acids is 1. The van der Waals surface area contributed by atoms with Crippen molar-refractivity contribution in [3.8, 4) is 11.3 Å². The molecule has 0 spiro atoms. The zero-order valence-electron chi connectivity index (χ0n) is 16.7. The number of hydrogen-bond donors (Lipinski definition) is 0. The minimum atomic E-state index is -0.280. The van der Waals surface area contributed by atoms with Gasteiger partial charge >= 0.3 is 5.69 Å². The smallest absolute Gasteiger partial charge is 0.343 e. The fourth-order valence-corrected chi connectivity index (χ4v) is 3.67. The molecular formula is C21H23FN6O2. The van der Waals surface area contributed by atoms with Crippen LogP contribution < -0.4 is 5.69 Å². The Kier molecular flexibility index (Phi) is 5.69. The zero-order chi connectivity index (χ0) is 21.1. The third-order valence-electron chi connectivity index (χ3n) is 5.45. The second-order valence-electron chi connectivity index (χ2n) is 7.46. The van der Waals surface area contributed by atoms with Gasteiger partial charge in [-0.3, -0.25) is 9.36 Å². The average molecular weight is 410 g/mol. The van der Waals surface area contributed by atoms with Gasteiger partial charge in [-0.1, -0.05) is 0 Å². The first-order chi connectivity index (χ1) is 14.5. The van der Waals surface area contributed by atoms with Crippen LogP contribution in [0.25, 0.3) is 11.3 Å². The lowest BCUT2D eigenvalue weighted by Crippen LogP contribution is -2.39. The third kappa shape index (κ3) is 4.29. The summed E-state index contributed by atoms with van der Waals surface area (Å²) >= 11 is 0. The first kappa shape index (κ1) is 19.9. The summed E-state index contributed by atoms with van der Waals surface area (Å²) in [7, 11) is 1.63. The van der Waals surface area contributed by atoms with Gasteiger partial charge in [-0.15, -0.1) is 0 Å². The molecule has 9 heteroatoms. The van der Waals surface area contributed by atoms with Crippen LogP contribution >= 0.6 is 0 Å². The number of aryl methyl sites for hydroxylation is 2. The highest BCUT2D eigenvalue weighted by molar-refractivity contribution is 5.76. The van der Waals surface area contributed by atoms with Gasteiger partial charge in [0, 0.05) is 44.2 Å². The molecule has 2 aromatic heterocycles. The number of halogens is 1. The average Bonchev–Trinajstić information content (AvgIpc) is 3.10. The summed E-state index contributed by atoms with van der Waals surface area (Å²) in [5, 5.41) is 3.98. The maximum absolute atomic E-state index is 13.2. The van der Waals surface area contributed by atoms with E-state index in [1.807, 2.05) is 11.0 Å². The number of likely N-dealkylation sites (tertiary alicyclic amines) is 1. The Labute approximate surface area is 173 Å². The molecule has 1 aliphatic rings. The summed E-state index contributed by atoms with van der Waals surface area (Å²) in [6.45, 7) is 1.54. The van der Waals surface area contributed by atoms with E-state index in [2.05, 4.69) is 15.1 Å². The van der Waals surface area contributed by atoms with Crippen LogP contribution in [-0.2, 0) is 18.4 Å². The fourth-order valence-electron chi connectivity index (χ4n) is 3.67. The minimum absolute atomic E-state index is 0.0204. The molecule has 156 valence electrons. The van der Waals surface area contributed by atoms with Crippen molar-refractivity contribution < 1.29 is 9.18 Å². The number of carbonyl (C=O) groups is 1. The van der Waals surface area contributed by atoms with Gasteiger partial charge in [0.15, 0.2) is 0 Å². The molecular weight excluding hydrogens is 387 g/mol. The van der Waals surface area contributed by atoms with E-state index in [1.54, 1.807) is 25.4 Å². The number of nitrogens with zero attached hydrogens (tertiary/aromatic N) is 6. The van der Waals surface area contributed by atoms with Gasteiger partial charge in [0.1, 0.15) is 18.0 Å². The maximum atomic E-state index is 13.2. The van der Waals surface area contributed by atoms with Crippen molar-refractivity contribution in [3.63, 3.8) is 0 Å². The van der Waals surface area contributed by atoms with E-state index in [0.29, 0.717) is 13.1 Å². The predicted molar refractivity (Wildman–Crippen MR) is 108 cm³/mol. The molecule has 1 fully saturated rings. The SMILES string of the molecule is Cn1cnn(CCC(=O)N2CCC(c3nccc(-c4ccc(F)cc4)n3)CC2)c1=O. The molecule has 3 heterocycles. The summed E-state index contributed by atoms with van der Waals surface area (Å²) in [6, 6.07) is 8.06. The normalized spacial score (nSPS) is 14.8. The van der Waals surface area contributed by atoms with Crippen LogP contribution in [0.15, 0.2) is 47.7 Å². The van der Waals surface area contributed by atoms with E-state index < -0.39 is 0 Å². The molecule has 3 aromatic rings. The molecule has 1 amide bonds. The molecule has 0 saturated carbocycles. The van der Waals surface area contributed by atoms with Crippen LogP contribution in [0.4, 0.5) is 4.39 Å². The molecule has 0 aliphatic carbocycles. The van der Waals surface area contributed by atoms with Gasteiger partial charge in [0.05, 0.1) is 12.2 Å². The van der Waals surface area contributed by atoms with Crippen molar-refractivity contribution in [2.75, 3.05) is 13.1 Å². The summed E-state index contributed by atoms with van der Waals surface area (Å²) < 4.78 is 15.9. The van der Waals surface area contributed by atoms with Crippen LogP contribution in [0.2, 0.25) is 0 Å². The number of aromatic nitrogens is 5. The molecule has 1 aromatic carbocycles. The Bertz CT molecular complexity index is 1080. The van der Waals surface area contributed by atoms with Crippen molar-refractivity contribution in [2.24, 2.45) is 7.05 Å². The lowest BCUT2D eigenvalue weighted by atomic mass is 9.95. The van der Waals surface area contributed by atoms with Gasteiger partial charge in [0.25, 0.3) is 0 Å². The molecule has 1 aliphatic heterocycles. The third-order valence-corrected chi connectivity index (χ3v) is 5.45. The molecule has 0 radical (unpaired) electrons. The van der Waals surface area contributed by atoms with Crippen LogP contribution in [-0.4, -0.2) is 48.2 Å². The lowest BCUT2D eigenvalue weighted by Gasteiger charge is -2.31. The van der Waals surface area contributed by atoms with Gasteiger partial charge in [-0.05, 0) is 43.2 Å². The molecule has 0 unspecified atom stereocenters. The Morgan fingerprint density at radius 3 is 2.57 bits per heavy atom. The molecule has 30 heavy (non-hydrogen) atoms. The van der Waals surface area contributed by atoms with Crippen molar-refractivity contribution in [1.82, 2.24) is 29.2 Å². The first-order valence-corrected chi connectivity index (χ1v) is 9.96. The highest BCUT2D eigenvalue weighted by Crippen LogP contribution is 2.27. The molecule has 1 saturated heterocycles. The van der Waals surface area contributed by atoms with Crippen molar-refractivity contribution >= 4 is 5.91 Å². The highest BCUT2D eigenvalue weighted by Gasteiger charge is 2.25. The molecule has 8 nitrogen and oxygen atoms in total. The quantitative estimate of drug-likeness (QED) is 0.642. The number of amides is 1. The van der Waals surface area contributed by atoms with Gasteiger partial charge < -0.3 is 4.90 Å². The number of hydrogen-bond acceptors (Lipinski definition) is 5. The van der Waals surface area contributed by atoms with Gasteiger partial charge in [-0.2, -0.15) is 5.10 Å². The maximum Gasteiger partial charge on any atom is 0.345 e. The summed E-state index contributed by atoms with van der Waals surface area (Å²) in [4.78, 5) is 35.2. The van der Waals surface area contributed by atoms with Crippen LogP contribution in [0.1, 0.15) is 31.0 Å². The summed E-state index contributed by atoms with van der Waals surface area (Å²) in [5.74, 6) is 0.668. The van der Waals surface area contributed by atoms with E-state index in [1.165, 1.54) is 27.7 Å². The van der Waals surface area contributed by atoms with Crippen molar-refractivity contribution in [1.29, 1.82) is 0 Å². The van der Waals surface area contributed by atoms with Crippen LogP contribution in [0, 0.1) is 5.82 Å². The van der Waals surface area contributed by atoms with Crippen molar-refractivity contribution in [3.05, 3.63) is 65.0 Å². The number of rotatable bonds is 5. The van der Waals surface area contributed by atoms with E-state index in [4.69, 9.17) is 0 Å². The fraction of sp³-hybridized carbons (Fsp3) is 0.381. The molecule has 0 bridgehead atoms. The van der Waals surface area contributed by atoms with Crippen molar-refractivity contribution in [2.45, 2.75) is 31.7 Å².